The number of aliphatic hydroxyl groups excluding tert-OH is 1. The summed E-state index contributed by atoms with van der Waals surface area (Å²) in [4.78, 5) is 74.4. The van der Waals surface area contributed by atoms with Crippen LogP contribution in [0.3, 0.4) is 0 Å². The average Bonchev–Trinajstić information content (AvgIpc) is 4.32. The van der Waals surface area contributed by atoms with E-state index in [0.717, 1.165) is 78.6 Å². The van der Waals surface area contributed by atoms with Crippen molar-refractivity contribution in [3.05, 3.63) is 107 Å². The van der Waals surface area contributed by atoms with Crippen molar-refractivity contribution >= 4 is 46.0 Å². The molecule has 3 N–H and O–H groups in total. The Morgan fingerprint density at radius 1 is 0.848 bits per heavy atom. The molecule has 0 saturated carbocycles. The fraction of sp³-hybridized carbons (Fsp3) is 0.500. The Bertz CT molecular complexity index is 3050. The number of hydrogen-bond acceptors (Lipinski definition) is 12. The number of aryl methyl sites for hydroxylation is 1. The number of fused-ring (bicyclic) bond motifs is 1. The minimum atomic E-state index is -0.872. The van der Waals surface area contributed by atoms with Gasteiger partial charge in [-0.15, -0.1) is 11.3 Å². The second-order valence-electron chi connectivity index (χ2n) is 22.5. The molecule has 6 heterocycles. The van der Waals surface area contributed by atoms with Crippen molar-refractivity contribution in [2.45, 2.75) is 142 Å². The number of ether oxygens (including phenoxy) is 1. The molecule has 6 aromatic rings. The number of carbonyl (C=O) groups excluding carboxylic acids is 4. The number of thiazole rings is 1. The number of β-amino-alcohol motifs (C(OH)–C–C–N with tert-alkyl or cyclic N) is 1. The van der Waals surface area contributed by atoms with Crippen molar-refractivity contribution in [1.82, 2.24) is 50.1 Å². The van der Waals surface area contributed by atoms with Gasteiger partial charge in [0.05, 0.1) is 70.6 Å². The van der Waals surface area contributed by atoms with E-state index in [0.29, 0.717) is 80.1 Å². The molecule has 4 amide bonds. The maximum atomic E-state index is 15.5. The van der Waals surface area contributed by atoms with Crippen molar-refractivity contribution in [3.63, 3.8) is 0 Å². The Balaban J connectivity index is 0.660. The van der Waals surface area contributed by atoms with Crippen molar-refractivity contribution < 1.29 is 37.8 Å². The predicted molar refractivity (Wildman–Crippen MR) is 300 cm³/mol. The summed E-state index contributed by atoms with van der Waals surface area (Å²) in [5.41, 5.74) is 7.66. The van der Waals surface area contributed by atoms with Gasteiger partial charge in [0.1, 0.15) is 23.7 Å². The molecule has 3 atom stereocenters. The Morgan fingerprint density at radius 3 is 2.23 bits per heavy atom. The summed E-state index contributed by atoms with van der Waals surface area (Å²) in [5.74, 6) is -1.96. The third kappa shape index (κ3) is 14.5. The van der Waals surface area contributed by atoms with Gasteiger partial charge in [-0.05, 0) is 72.9 Å². The van der Waals surface area contributed by atoms with Crippen LogP contribution in [0, 0.1) is 24.0 Å². The van der Waals surface area contributed by atoms with E-state index >= 15 is 8.78 Å². The van der Waals surface area contributed by atoms with Gasteiger partial charge in [0.2, 0.25) is 23.6 Å². The molecule has 0 bridgehead atoms. The first-order valence-electron chi connectivity index (χ1n) is 28.0. The Labute approximate surface area is 465 Å². The van der Waals surface area contributed by atoms with E-state index in [1.54, 1.807) is 29.8 Å². The first kappa shape index (κ1) is 57.2. The highest BCUT2D eigenvalue weighted by Gasteiger charge is 2.44. The fourth-order valence-electron chi connectivity index (χ4n) is 11.0. The number of amides is 4. The van der Waals surface area contributed by atoms with Gasteiger partial charge in [-0.2, -0.15) is 5.10 Å². The van der Waals surface area contributed by atoms with Gasteiger partial charge in [-0.25, -0.2) is 18.7 Å². The monoisotopic (exact) mass is 1100 g/mol. The van der Waals surface area contributed by atoms with Crippen LogP contribution in [0.2, 0.25) is 0 Å². The number of aromatic nitrogens is 5. The van der Waals surface area contributed by atoms with Crippen molar-refractivity contribution in [1.29, 1.82) is 0 Å². The minimum absolute atomic E-state index is 0.0184. The standard InChI is InChI=1S/C60H74F2N10O6S/c1-39-56(79-38-65-39)41-19-17-40(18-20-41)32-64-58(76)52-31-45(73)36-71(52)59(77)57(60(2,3)4)68-53(74)15-10-8-6-5-7-9-11-16-54(75)70-23-21-44(22-24-70)72-35-43(33-66-72)51-34-63-50-14-12-13-46(55(50)67-51)42-29-48(61)47(49(62)30-42)37-69-25-27-78-28-26-69/h12-14,17-20,29-30,33-35,38,44-45,52,57,73H,5-11,15-16,21-28,31-32,36-37H2,1-4H3,(H,64,76)(H,68,74)/t45-,52+,57?/m1/s1. The first-order valence-corrected chi connectivity index (χ1v) is 28.9. The lowest BCUT2D eigenvalue weighted by Crippen LogP contribution is -2.57. The number of unbranched alkanes of at least 4 members (excludes halogenated alkanes) is 6. The Morgan fingerprint density at radius 2 is 1.54 bits per heavy atom. The summed E-state index contributed by atoms with van der Waals surface area (Å²) in [7, 11) is 0. The number of rotatable bonds is 21. The van der Waals surface area contributed by atoms with Crippen LogP contribution >= 0.6 is 11.3 Å². The highest BCUT2D eigenvalue weighted by atomic mass is 32.1. The average molecular weight is 1100 g/mol. The van der Waals surface area contributed by atoms with Gasteiger partial charge < -0.3 is 30.3 Å². The van der Waals surface area contributed by atoms with Crippen LogP contribution in [0.15, 0.2) is 78.7 Å². The maximum Gasteiger partial charge on any atom is 0.246 e. The van der Waals surface area contributed by atoms with Crippen LogP contribution in [0.5, 0.6) is 0 Å². The van der Waals surface area contributed by atoms with Crippen molar-refractivity contribution in [2.24, 2.45) is 5.41 Å². The number of nitrogens with zero attached hydrogens (tertiary/aromatic N) is 8. The van der Waals surface area contributed by atoms with Gasteiger partial charge >= 0.3 is 0 Å². The lowest BCUT2D eigenvalue weighted by Gasteiger charge is -2.35. The highest BCUT2D eigenvalue weighted by molar-refractivity contribution is 7.13. The summed E-state index contributed by atoms with van der Waals surface area (Å²) >= 11 is 1.58. The second kappa shape index (κ2) is 26.2. The molecule has 1 unspecified atom stereocenters. The zero-order chi connectivity index (χ0) is 55.6. The molecular formula is C60H74F2N10O6S. The number of benzene rings is 3. The number of aliphatic hydroxyl groups is 1. The molecule has 3 fully saturated rings. The number of halogens is 2. The summed E-state index contributed by atoms with van der Waals surface area (Å²) < 4.78 is 38.3. The molecule has 9 rings (SSSR count). The van der Waals surface area contributed by atoms with Gasteiger partial charge in [0.25, 0.3) is 0 Å². The van der Waals surface area contributed by atoms with Gasteiger partial charge in [-0.1, -0.05) is 89.3 Å². The summed E-state index contributed by atoms with van der Waals surface area (Å²) in [6.07, 6.45) is 13.3. The minimum Gasteiger partial charge on any atom is -0.391 e. The van der Waals surface area contributed by atoms with Crippen LogP contribution in [-0.4, -0.2) is 132 Å². The maximum absolute atomic E-state index is 15.5. The molecule has 0 spiro atoms. The molecule has 0 radical (unpaired) electrons. The van der Waals surface area contributed by atoms with Gasteiger partial charge in [-0.3, -0.25) is 33.7 Å². The van der Waals surface area contributed by atoms with Crippen LogP contribution in [0.1, 0.15) is 121 Å². The number of carbonyl (C=O) groups is 4. The Kier molecular flexibility index (Phi) is 18.9. The van der Waals surface area contributed by atoms with E-state index in [2.05, 4.69) is 25.7 Å². The fourth-order valence-corrected chi connectivity index (χ4v) is 11.8. The highest BCUT2D eigenvalue weighted by Crippen LogP contribution is 2.33. The molecule has 79 heavy (non-hydrogen) atoms. The van der Waals surface area contributed by atoms with E-state index in [4.69, 9.17) is 9.72 Å². The quantitative estimate of drug-likeness (QED) is 0.0583. The van der Waals surface area contributed by atoms with Crippen molar-refractivity contribution in [3.8, 4) is 32.8 Å². The van der Waals surface area contributed by atoms with Gasteiger partial charge in [0, 0.05) is 88.0 Å². The number of hydrogen-bond donors (Lipinski definition) is 3. The van der Waals surface area contributed by atoms with E-state index in [1.165, 1.54) is 17.0 Å². The van der Waals surface area contributed by atoms with E-state index < -0.39 is 35.2 Å². The molecular weight excluding hydrogens is 1030 g/mol. The van der Waals surface area contributed by atoms with E-state index in [1.807, 2.05) is 90.3 Å². The second-order valence-corrected chi connectivity index (χ2v) is 23.3. The smallest absolute Gasteiger partial charge is 0.246 e. The van der Waals surface area contributed by atoms with E-state index in [-0.39, 0.29) is 67.7 Å². The van der Waals surface area contributed by atoms with Crippen LogP contribution in [-0.2, 0) is 37.0 Å². The SMILES string of the molecule is Cc1ncsc1-c1ccc(CNC(=O)[C@@H]2C[C@@H](O)CN2C(=O)C(NC(=O)CCCCCCCCCC(=O)N2CCC(n3cc(-c4cnc5cccc(-c6cc(F)c(CN7CCOCC7)c(F)c6)c5n4)cn3)CC2)C(C)(C)C)cc1. The summed E-state index contributed by atoms with van der Waals surface area (Å²) in [6.45, 7) is 11.7. The van der Waals surface area contributed by atoms with Crippen LogP contribution < -0.4 is 10.6 Å². The normalized spacial score (nSPS) is 17.8. The van der Waals surface area contributed by atoms with Gasteiger partial charge in [0.15, 0.2) is 0 Å². The molecule has 3 aliphatic rings. The molecule has 420 valence electrons. The third-order valence-electron chi connectivity index (χ3n) is 15.6. The molecule has 3 aromatic heterocycles. The third-order valence-corrected chi connectivity index (χ3v) is 16.6. The molecule has 0 aliphatic carbocycles. The number of morpholine rings is 1. The van der Waals surface area contributed by atoms with E-state index in [9.17, 15) is 24.3 Å². The zero-order valence-electron chi connectivity index (χ0n) is 45.9. The lowest BCUT2D eigenvalue weighted by molar-refractivity contribution is -0.144. The molecule has 3 aliphatic heterocycles. The number of nitrogens with one attached hydrogen (secondary N) is 2. The van der Waals surface area contributed by atoms with Crippen LogP contribution in [0.4, 0.5) is 8.78 Å². The van der Waals surface area contributed by atoms with Crippen LogP contribution in [0.25, 0.3) is 43.9 Å². The number of para-hydroxylation sites is 1. The largest absolute Gasteiger partial charge is 0.391 e. The first-order chi connectivity index (χ1) is 38.1. The molecule has 3 saturated heterocycles. The molecule has 3 aromatic carbocycles. The summed E-state index contributed by atoms with van der Waals surface area (Å²) in [5, 5.41) is 21.2. The lowest BCUT2D eigenvalue weighted by atomic mass is 9.85. The zero-order valence-corrected chi connectivity index (χ0v) is 46.7. The Hall–Kier alpha value is -6.54. The van der Waals surface area contributed by atoms with Crippen molar-refractivity contribution in [2.75, 3.05) is 45.9 Å². The number of piperidine rings is 1. The molecule has 16 nitrogen and oxygen atoms in total. The predicted octanol–water partition coefficient (Wildman–Crippen LogP) is 9.19. The molecule has 19 heteroatoms. The number of likely N-dealkylation sites (tertiary alicyclic amines) is 2. The summed E-state index contributed by atoms with van der Waals surface area (Å²) in [6, 6.07) is 14.5. The topological polar surface area (TPSA) is 188 Å².